The van der Waals surface area contributed by atoms with Crippen molar-refractivity contribution < 1.29 is 14.9 Å². The fourth-order valence-electron chi connectivity index (χ4n) is 1.31. The second kappa shape index (κ2) is 4.25. The molecule has 3 heteroatoms. The molecule has 0 aromatic heterocycles. The summed E-state index contributed by atoms with van der Waals surface area (Å²) in [7, 11) is 1.50. The normalized spacial score (nSPS) is 15.3. The van der Waals surface area contributed by atoms with Crippen molar-refractivity contribution in [2.75, 3.05) is 7.11 Å². The Bertz CT molecular complexity index is 271. The van der Waals surface area contributed by atoms with E-state index in [2.05, 4.69) is 0 Å². The fraction of sp³-hybridized carbons (Fsp3) is 0.400. The van der Waals surface area contributed by atoms with Gasteiger partial charge in [-0.3, -0.25) is 0 Å². The Labute approximate surface area is 77.6 Å². The topological polar surface area (TPSA) is 49.7 Å². The first-order valence-corrected chi connectivity index (χ1v) is 4.15. The predicted molar refractivity (Wildman–Crippen MR) is 49.5 cm³/mol. The molecule has 1 rings (SSSR count). The van der Waals surface area contributed by atoms with Gasteiger partial charge in [0.25, 0.3) is 0 Å². The van der Waals surface area contributed by atoms with Crippen LogP contribution in [0, 0.1) is 0 Å². The van der Waals surface area contributed by atoms with Gasteiger partial charge in [0.1, 0.15) is 11.9 Å². The minimum Gasteiger partial charge on any atom is -0.508 e. The molecule has 0 saturated heterocycles. The quantitative estimate of drug-likeness (QED) is 0.744. The van der Waals surface area contributed by atoms with Crippen LogP contribution in [0.1, 0.15) is 18.6 Å². The van der Waals surface area contributed by atoms with E-state index in [-0.39, 0.29) is 5.75 Å². The number of hydrogen-bond donors (Lipinski definition) is 2. The molecule has 1 aromatic rings. The highest BCUT2D eigenvalue weighted by molar-refractivity contribution is 5.34. The molecule has 0 spiro atoms. The van der Waals surface area contributed by atoms with Crippen molar-refractivity contribution in [1.29, 1.82) is 0 Å². The number of ether oxygens (including phenoxy) is 1. The van der Waals surface area contributed by atoms with E-state index < -0.39 is 12.2 Å². The SMILES string of the molecule is CO[C@H](c1ccccc1O)[C@@H](C)O. The molecule has 0 aliphatic carbocycles. The first-order valence-electron chi connectivity index (χ1n) is 4.15. The molecule has 0 radical (unpaired) electrons. The summed E-state index contributed by atoms with van der Waals surface area (Å²) in [5, 5.41) is 18.8. The van der Waals surface area contributed by atoms with Crippen LogP contribution in [0.15, 0.2) is 24.3 Å². The summed E-state index contributed by atoms with van der Waals surface area (Å²) < 4.78 is 5.07. The van der Waals surface area contributed by atoms with Crippen LogP contribution in [0.25, 0.3) is 0 Å². The van der Waals surface area contributed by atoms with Crippen LogP contribution in [0.2, 0.25) is 0 Å². The van der Waals surface area contributed by atoms with Gasteiger partial charge < -0.3 is 14.9 Å². The Morgan fingerprint density at radius 1 is 1.31 bits per heavy atom. The van der Waals surface area contributed by atoms with Crippen molar-refractivity contribution in [2.45, 2.75) is 19.1 Å². The van der Waals surface area contributed by atoms with Crippen molar-refractivity contribution in [3.63, 3.8) is 0 Å². The van der Waals surface area contributed by atoms with E-state index in [1.807, 2.05) is 0 Å². The zero-order valence-electron chi connectivity index (χ0n) is 7.77. The highest BCUT2D eigenvalue weighted by Gasteiger charge is 2.18. The smallest absolute Gasteiger partial charge is 0.121 e. The molecular formula is C10H14O3. The van der Waals surface area contributed by atoms with Gasteiger partial charge in [-0.05, 0) is 13.0 Å². The van der Waals surface area contributed by atoms with Crippen LogP contribution in [-0.4, -0.2) is 23.4 Å². The Hall–Kier alpha value is -1.06. The molecule has 0 aliphatic rings. The second-order valence-electron chi connectivity index (χ2n) is 2.96. The molecule has 0 heterocycles. The number of aliphatic hydroxyl groups is 1. The van der Waals surface area contributed by atoms with Crippen molar-refractivity contribution in [3.05, 3.63) is 29.8 Å². The molecule has 2 N–H and O–H groups in total. The van der Waals surface area contributed by atoms with Crippen LogP contribution in [0.5, 0.6) is 5.75 Å². The lowest BCUT2D eigenvalue weighted by molar-refractivity contribution is -0.00473. The van der Waals surface area contributed by atoms with E-state index in [9.17, 15) is 10.2 Å². The number of benzene rings is 1. The largest absolute Gasteiger partial charge is 0.508 e. The van der Waals surface area contributed by atoms with E-state index in [0.29, 0.717) is 5.56 Å². The third-order valence-corrected chi connectivity index (χ3v) is 1.94. The van der Waals surface area contributed by atoms with E-state index >= 15 is 0 Å². The monoisotopic (exact) mass is 182 g/mol. The Balaban J connectivity index is 2.97. The third-order valence-electron chi connectivity index (χ3n) is 1.94. The maximum atomic E-state index is 9.47. The van der Waals surface area contributed by atoms with Crippen LogP contribution in [-0.2, 0) is 4.74 Å². The van der Waals surface area contributed by atoms with Crippen LogP contribution in [0.3, 0.4) is 0 Å². The molecule has 1 aromatic carbocycles. The zero-order chi connectivity index (χ0) is 9.84. The average Bonchev–Trinajstić information content (AvgIpc) is 2.09. The molecule has 2 atom stereocenters. The third kappa shape index (κ3) is 2.20. The molecule has 0 unspecified atom stereocenters. The van der Waals surface area contributed by atoms with Gasteiger partial charge in [0.2, 0.25) is 0 Å². The minimum absolute atomic E-state index is 0.148. The van der Waals surface area contributed by atoms with Crippen molar-refractivity contribution in [1.82, 2.24) is 0 Å². The van der Waals surface area contributed by atoms with E-state index in [4.69, 9.17) is 4.74 Å². The summed E-state index contributed by atoms with van der Waals surface area (Å²) in [6, 6.07) is 6.83. The molecular weight excluding hydrogens is 168 g/mol. The molecule has 0 saturated carbocycles. The lowest BCUT2D eigenvalue weighted by Crippen LogP contribution is -2.16. The first-order chi connectivity index (χ1) is 6.16. The number of aromatic hydroxyl groups is 1. The summed E-state index contributed by atoms with van der Waals surface area (Å²) in [4.78, 5) is 0. The highest BCUT2D eigenvalue weighted by Crippen LogP contribution is 2.28. The van der Waals surface area contributed by atoms with E-state index in [1.165, 1.54) is 7.11 Å². The summed E-state index contributed by atoms with van der Waals surface area (Å²) in [6.07, 6.45) is -1.11. The van der Waals surface area contributed by atoms with Gasteiger partial charge in [-0.25, -0.2) is 0 Å². The summed E-state index contributed by atoms with van der Waals surface area (Å²) in [6.45, 7) is 1.63. The Morgan fingerprint density at radius 3 is 2.38 bits per heavy atom. The number of aliphatic hydroxyl groups excluding tert-OH is 1. The maximum Gasteiger partial charge on any atom is 0.121 e. The number of phenolic OH excluding ortho intramolecular Hbond substituents is 1. The Kier molecular flexibility index (Phi) is 3.28. The first kappa shape index (κ1) is 10.0. The van der Waals surface area contributed by atoms with Gasteiger partial charge in [-0.2, -0.15) is 0 Å². The van der Waals surface area contributed by atoms with Gasteiger partial charge >= 0.3 is 0 Å². The van der Waals surface area contributed by atoms with Crippen molar-refractivity contribution >= 4 is 0 Å². The standard InChI is InChI=1S/C10H14O3/c1-7(11)10(13-2)8-5-3-4-6-9(8)12/h3-7,10-12H,1-2H3/t7-,10+/m1/s1. The molecule has 0 aliphatic heterocycles. The van der Waals surface area contributed by atoms with Crippen LogP contribution < -0.4 is 0 Å². The molecule has 3 nitrogen and oxygen atoms in total. The molecule has 0 amide bonds. The number of rotatable bonds is 3. The van der Waals surface area contributed by atoms with Crippen LogP contribution >= 0.6 is 0 Å². The predicted octanol–water partition coefficient (Wildman–Crippen LogP) is 1.46. The lowest BCUT2D eigenvalue weighted by atomic mass is 10.0. The second-order valence-corrected chi connectivity index (χ2v) is 2.96. The number of hydrogen-bond acceptors (Lipinski definition) is 3. The van der Waals surface area contributed by atoms with Gasteiger partial charge in [-0.15, -0.1) is 0 Å². The summed E-state index contributed by atoms with van der Waals surface area (Å²) in [5.74, 6) is 0.148. The number of phenols is 1. The Morgan fingerprint density at radius 2 is 1.92 bits per heavy atom. The molecule has 0 fully saturated rings. The molecule has 72 valence electrons. The summed E-state index contributed by atoms with van der Waals surface area (Å²) >= 11 is 0. The van der Waals surface area contributed by atoms with Gasteiger partial charge in [0.15, 0.2) is 0 Å². The van der Waals surface area contributed by atoms with Crippen LogP contribution in [0.4, 0.5) is 0 Å². The summed E-state index contributed by atoms with van der Waals surface area (Å²) in [5.41, 5.74) is 0.611. The number of methoxy groups -OCH3 is 1. The molecule has 13 heavy (non-hydrogen) atoms. The highest BCUT2D eigenvalue weighted by atomic mass is 16.5. The minimum atomic E-state index is -0.640. The van der Waals surface area contributed by atoms with Gasteiger partial charge in [0.05, 0.1) is 6.10 Å². The van der Waals surface area contributed by atoms with Crippen molar-refractivity contribution in [2.24, 2.45) is 0 Å². The maximum absolute atomic E-state index is 9.47. The number of para-hydroxylation sites is 1. The average molecular weight is 182 g/mol. The lowest BCUT2D eigenvalue weighted by Gasteiger charge is -2.19. The van der Waals surface area contributed by atoms with Gasteiger partial charge in [0, 0.05) is 12.7 Å². The zero-order valence-corrected chi connectivity index (χ0v) is 7.77. The van der Waals surface area contributed by atoms with Crippen molar-refractivity contribution in [3.8, 4) is 5.75 Å². The van der Waals surface area contributed by atoms with Gasteiger partial charge in [-0.1, -0.05) is 18.2 Å². The fourth-order valence-corrected chi connectivity index (χ4v) is 1.31. The van der Waals surface area contributed by atoms with E-state index in [0.717, 1.165) is 0 Å². The van der Waals surface area contributed by atoms with E-state index in [1.54, 1.807) is 31.2 Å². The molecule has 0 bridgehead atoms.